The molecule has 0 N–H and O–H groups in total. The number of rotatable bonds is 5. The number of carbonyl (C=O) groups excluding carboxylic acids is 1. The lowest BCUT2D eigenvalue weighted by Gasteiger charge is -2.35. The molecule has 190 valence electrons. The number of piperazine rings is 1. The molecule has 2 atom stereocenters. The quantitative estimate of drug-likeness (QED) is 0.643. The van der Waals surface area contributed by atoms with Crippen LogP contribution in [0.1, 0.15) is 43.9 Å². The first-order chi connectivity index (χ1) is 16.4. The van der Waals surface area contributed by atoms with E-state index >= 15 is 0 Å². The third-order valence-corrected chi connectivity index (χ3v) is 7.19. The highest BCUT2D eigenvalue weighted by atomic mass is 16.6. The summed E-state index contributed by atoms with van der Waals surface area (Å²) in [6.45, 7) is 11.6. The van der Waals surface area contributed by atoms with Crippen LogP contribution in [0.25, 0.3) is 11.1 Å². The van der Waals surface area contributed by atoms with Crippen molar-refractivity contribution >= 4 is 6.09 Å². The minimum absolute atomic E-state index is 0.00584. The number of likely N-dealkylation sites (tertiary alicyclic amines) is 2. The van der Waals surface area contributed by atoms with Crippen molar-refractivity contribution < 1.29 is 19.0 Å². The average molecular weight is 484 g/mol. The zero-order chi connectivity index (χ0) is 25.7. The summed E-state index contributed by atoms with van der Waals surface area (Å²) in [6.07, 6.45) is 2.58. The summed E-state index contributed by atoms with van der Waals surface area (Å²) in [7, 11) is 5.10. The fourth-order valence-corrected chi connectivity index (χ4v) is 5.25. The molecule has 4 rings (SSSR count). The molecule has 35 heavy (non-hydrogen) atoms. The van der Waals surface area contributed by atoms with E-state index in [4.69, 9.17) is 14.2 Å². The first-order valence-electron chi connectivity index (χ1n) is 12.1. The van der Waals surface area contributed by atoms with Gasteiger partial charge in [-0.3, -0.25) is 9.69 Å². The summed E-state index contributed by atoms with van der Waals surface area (Å²) in [5.41, 5.74) is 4.08. The molecule has 2 saturated heterocycles. The van der Waals surface area contributed by atoms with Crippen LogP contribution in [0.2, 0.25) is 0 Å². The molecule has 2 aliphatic rings. The van der Waals surface area contributed by atoms with Crippen LogP contribution in [-0.4, -0.2) is 65.5 Å². The lowest BCUT2D eigenvalue weighted by atomic mass is 9.97. The molecule has 8 heteroatoms. The Bertz CT molecular complexity index is 1170. The first kappa shape index (κ1) is 25.1. The molecule has 0 saturated carbocycles. The van der Waals surface area contributed by atoms with Crippen LogP contribution in [0.15, 0.2) is 23.1 Å². The van der Waals surface area contributed by atoms with E-state index in [0.717, 1.165) is 52.3 Å². The van der Waals surface area contributed by atoms with Gasteiger partial charge in [-0.15, -0.1) is 0 Å². The van der Waals surface area contributed by atoms with Gasteiger partial charge >= 0.3 is 6.09 Å². The van der Waals surface area contributed by atoms with Gasteiger partial charge in [0.05, 0.1) is 19.8 Å². The fraction of sp³-hybridized carbons (Fsp3) is 0.556. The predicted octanol–water partition coefficient (Wildman–Crippen LogP) is 3.88. The number of ether oxygens (including phenoxy) is 3. The molecule has 2 unspecified atom stereocenters. The van der Waals surface area contributed by atoms with Crippen LogP contribution in [0, 0.1) is 13.8 Å². The minimum Gasteiger partial charge on any atom is -0.496 e. The van der Waals surface area contributed by atoms with Crippen molar-refractivity contribution in [3.8, 4) is 22.6 Å². The SMILES string of the molecule is COc1cc(-c2cn(C)c(=O)c(C)c2C)cc(OC)c1CN1CC2CC1CN2C(=O)OC(C)(C)C. The Morgan fingerprint density at radius 3 is 2.17 bits per heavy atom. The third kappa shape index (κ3) is 4.76. The van der Waals surface area contributed by atoms with Crippen molar-refractivity contribution in [3.05, 3.63) is 45.4 Å². The number of hydrogen-bond acceptors (Lipinski definition) is 6. The minimum atomic E-state index is -0.497. The second kappa shape index (κ2) is 9.22. The van der Waals surface area contributed by atoms with Gasteiger partial charge in [0.1, 0.15) is 17.1 Å². The van der Waals surface area contributed by atoms with E-state index in [9.17, 15) is 9.59 Å². The van der Waals surface area contributed by atoms with Gasteiger partial charge in [0.25, 0.3) is 5.56 Å². The van der Waals surface area contributed by atoms with Gasteiger partial charge in [-0.05, 0) is 64.3 Å². The number of benzene rings is 1. The molecule has 1 amide bonds. The summed E-state index contributed by atoms with van der Waals surface area (Å²) >= 11 is 0. The Morgan fingerprint density at radius 1 is 1.03 bits per heavy atom. The molecule has 0 aliphatic carbocycles. The Balaban J connectivity index is 1.59. The van der Waals surface area contributed by atoms with E-state index in [-0.39, 0.29) is 23.7 Å². The Labute approximate surface area is 207 Å². The van der Waals surface area contributed by atoms with Crippen LogP contribution >= 0.6 is 0 Å². The van der Waals surface area contributed by atoms with Gasteiger partial charge in [0.15, 0.2) is 0 Å². The largest absolute Gasteiger partial charge is 0.496 e. The highest BCUT2D eigenvalue weighted by molar-refractivity contribution is 5.72. The molecule has 8 nitrogen and oxygen atoms in total. The number of aromatic nitrogens is 1. The van der Waals surface area contributed by atoms with E-state index < -0.39 is 5.60 Å². The topological polar surface area (TPSA) is 73.2 Å². The predicted molar refractivity (Wildman–Crippen MR) is 135 cm³/mol. The van der Waals surface area contributed by atoms with Gasteiger partial charge in [-0.2, -0.15) is 0 Å². The second-order valence-corrected chi connectivity index (χ2v) is 10.7. The molecule has 2 bridgehead atoms. The van der Waals surface area contributed by atoms with Gasteiger partial charge in [0, 0.05) is 56.1 Å². The molecule has 0 spiro atoms. The van der Waals surface area contributed by atoms with E-state index in [1.54, 1.807) is 25.8 Å². The van der Waals surface area contributed by atoms with Gasteiger partial charge in [-0.25, -0.2) is 4.79 Å². The summed E-state index contributed by atoms with van der Waals surface area (Å²) in [5, 5.41) is 0. The molecule has 0 radical (unpaired) electrons. The lowest BCUT2D eigenvalue weighted by molar-refractivity contribution is 0.0123. The Kier molecular flexibility index (Phi) is 6.62. The molecular weight excluding hydrogens is 446 g/mol. The molecule has 2 aliphatic heterocycles. The number of methoxy groups -OCH3 is 2. The highest BCUT2D eigenvalue weighted by Crippen LogP contribution is 2.40. The summed E-state index contributed by atoms with van der Waals surface area (Å²) < 4.78 is 18.8. The van der Waals surface area contributed by atoms with Crippen molar-refractivity contribution in [1.29, 1.82) is 0 Å². The van der Waals surface area contributed by atoms with Crippen molar-refractivity contribution in [3.63, 3.8) is 0 Å². The number of carbonyl (C=O) groups is 1. The number of amides is 1. The van der Waals surface area contributed by atoms with Crippen LogP contribution < -0.4 is 15.0 Å². The summed E-state index contributed by atoms with van der Waals surface area (Å²) in [4.78, 5) is 29.2. The van der Waals surface area contributed by atoms with Crippen molar-refractivity contribution in [2.45, 2.75) is 65.3 Å². The van der Waals surface area contributed by atoms with Crippen molar-refractivity contribution in [2.24, 2.45) is 7.05 Å². The Hall–Kier alpha value is -3.00. The number of hydrogen-bond donors (Lipinski definition) is 0. The molecule has 2 fully saturated rings. The lowest BCUT2D eigenvalue weighted by Crippen LogP contribution is -2.49. The summed E-state index contributed by atoms with van der Waals surface area (Å²) in [6, 6.07) is 4.47. The third-order valence-electron chi connectivity index (χ3n) is 7.19. The first-order valence-corrected chi connectivity index (χ1v) is 12.1. The smallest absolute Gasteiger partial charge is 0.410 e. The van der Waals surface area contributed by atoms with Crippen LogP contribution in [-0.2, 0) is 18.3 Å². The van der Waals surface area contributed by atoms with Crippen LogP contribution in [0.4, 0.5) is 4.79 Å². The van der Waals surface area contributed by atoms with E-state index in [1.165, 1.54) is 0 Å². The molecular formula is C27H37N3O5. The van der Waals surface area contributed by atoms with Gasteiger partial charge < -0.3 is 23.7 Å². The van der Waals surface area contributed by atoms with E-state index in [1.807, 2.05) is 57.8 Å². The molecule has 3 heterocycles. The highest BCUT2D eigenvalue weighted by Gasteiger charge is 2.46. The molecule has 1 aromatic carbocycles. The Morgan fingerprint density at radius 2 is 1.66 bits per heavy atom. The maximum atomic E-state index is 12.6. The zero-order valence-electron chi connectivity index (χ0n) is 22.1. The number of nitrogens with zero attached hydrogens (tertiary/aromatic N) is 3. The molecule has 1 aromatic heterocycles. The van der Waals surface area contributed by atoms with Gasteiger partial charge in [-0.1, -0.05) is 0 Å². The monoisotopic (exact) mass is 483 g/mol. The van der Waals surface area contributed by atoms with Crippen molar-refractivity contribution in [1.82, 2.24) is 14.4 Å². The maximum Gasteiger partial charge on any atom is 0.410 e. The number of aryl methyl sites for hydroxylation is 1. The number of fused-ring (bicyclic) bond motifs is 2. The standard InChI is InChI=1S/C27H37N3O5/c1-16-17(2)25(31)28(6)14-21(16)18-9-23(33-7)22(24(10-18)34-8)15-29-12-20-11-19(29)13-30(20)26(32)35-27(3,4)5/h9-10,14,19-20H,11-13,15H2,1-8H3. The van der Waals surface area contributed by atoms with Crippen molar-refractivity contribution in [2.75, 3.05) is 27.3 Å². The molecule has 2 aromatic rings. The average Bonchev–Trinajstić information content (AvgIpc) is 3.39. The fourth-order valence-electron chi connectivity index (χ4n) is 5.25. The normalized spacial score (nSPS) is 19.8. The van der Waals surface area contributed by atoms with Crippen LogP contribution in [0.5, 0.6) is 11.5 Å². The number of pyridine rings is 1. The zero-order valence-corrected chi connectivity index (χ0v) is 22.1. The van der Waals surface area contributed by atoms with Crippen LogP contribution in [0.3, 0.4) is 0 Å². The van der Waals surface area contributed by atoms with Gasteiger partial charge in [0.2, 0.25) is 0 Å². The van der Waals surface area contributed by atoms with E-state index in [0.29, 0.717) is 13.1 Å². The summed E-state index contributed by atoms with van der Waals surface area (Å²) in [5.74, 6) is 1.49. The second-order valence-electron chi connectivity index (χ2n) is 10.7. The van der Waals surface area contributed by atoms with E-state index in [2.05, 4.69) is 4.90 Å². The maximum absolute atomic E-state index is 12.6.